The van der Waals surface area contributed by atoms with Crippen molar-refractivity contribution in [2.45, 2.75) is 50.3 Å². The second-order valence-electron chi connectivity index (χ2n) is 6.84. The van der Waals surface area contributed by atoms with E-state index in [1.165, 1.54) is 5.56 Å². The van der Waals surface area contributed by atoms with E-state index in [1.807, 2.05) is 24.3 Å². The molecule has 1 aliphatic rings. The molecule has 1 aromatic rings. The van der Waals surface area contributed by atoms with E-state index in [2.05, 4.69) is 26.1 Å². The number of hydrogen-bond acceptors (Lipinski definition) is 6. The molecule has 1 heterocycles. The number of rotatable bonds is 3. The van der Waals surface area contributed by atoms with Gasteiger partial charge in [-0.05, 0) is 23.1 Å². The van der Waals surface area contributed by atoms with Crippen LogP contribution in [0.4, 0.5) is 5.69 Å². The van der Waals surface area contributed by atoms with Crippen LogP contribution in [0, 0.1) is 0 Å². The molecule has 6 nitrogen and oxygen atoms in total. The van der Waals surface area contributed by atoms with Crippen LogP contribution in [0.3, 0.4) is 0 Å². The second kappa shape index (κ2) is 6.14. The van der Waals surface area contributed by atoms with Crippen LogP contribution in [0.1, 0.15) is 26.3 Å². The molecule has 4 atom stereocenters. The molecule has 0 saturated carbocycles. The van der Waals surface area contributed by atoms with Crippen LogP contribution in [0.5, 0.6) is 0 Å². The Balaban J connectivity index is 2.00. The molecule has 124 valence electrons. The first kappa shape index (κ1) is 17.2. The monoisotopic (exact) mass is 311 g/mol. The van der Waals surface area contributed by atoms with Gasteiger partial charge in [0.2, 0.25) is 5.79 Å². The van der Waals surface area contributed by atoms with Gasteiger partial charge >= 0.3 is 0 Å². The van der Waals surface area contributed by atoms with Gasteiger partial charge < -0.3 is 30.5 Å². The number of benzene rings is 1. The van der Waals surface area contributed by atoms with Gasteiger partial charge in [0.05, 0.1) is 13.2 Å². The largest absolute Gasteiger partial charge is 0.388 e. The molecule has 0 aliphatic carbocycles. The van der Waals surface area contributed by atoms with Gasteiger partial charge in [-0.1, -0.05) is 32.9 Å². The Hall–Kier alpha value is -1.18. The third kappa shape index (κ3) is 3.59. The van der Waals surface area contributed by atoms with Crippen LogP contribution in [0.25, 0.3) is 0 Å². The van der Waals surface area contributed by atoms with E-state index in [1.54, 1.807) is 0 Å². The van der Waals surface area contributed by atoms with Crippen molar-refractivity contribution in [3.05, 3.63) is 29.8 Å². The average molecular weight is 311 g/mol. The van der Waals surface area contributed by atoms with Gasteiger partial charge in [0.15, 0.2) is 0 Å². The summed E-state index contributed by atoms with van der Waals surface area (Å²) < 4.78 is 5.09. The van der Waals surface area contributed by atoms with E-state index < -0.39 is 24.1 Å². The highest BCUT2D eigenvalue weighted by Gasteiger charge is 2.48. The topological polar surface area (TPSA) is 102 Å². The minimum absolute atomic E-state index is 0.0552. The smallest absolute Gasteiger partial charge is 0.212 e. The predicted molar refractivity (Wildman–Crippen MR) is 82.6 cm³/mol. The molecule has 1 fully saturated rings. The van der Waals surface area contributed by atoms with Crippen molar-refractivity contribution in [2.75, 3.05) is 18.5 Å². The summed E-state index contributed by atoms with van der Waals surface area (Å²) in [5.74, 6) is -1.94. The van der Waals surface area contributed by atoms with Gasteiger partial charge in [-0.25, -0.2) is 0 Å². The quantitative estimate of drug-likeness (QED) is 0.546. The molecule has 22 heavy (non-hydrogen) atoms. The van der Waals surface area contributed by atoms with Crippen LogP contribution >= 0.6 is 0 Å². The first-order chi connectivity index (χ1) is 10.1. The maximum atomic E-state index is 10.3. The first-order valence-corrected chi connectivity index (χ1v) is 7.38. The minimum Gasteiger partial charge on any atom is -0.388 e. The van der Waals surface area contributed by atoms with Gasteiger partial charge in [-0.2, -0.15) is 0 Å². The normalized spacial score (nSPS) is 32.8. The summed E-state index contributed by atoms with van der Waals surface area (Å²) in [5.41, 5.74) is 2.00. The molecule has 2 rings (SSSR count). The van der Waals surface area contributed by atoms with E-state index >= 15 is 0 Å². The maximum Gasteiger partial charge on any atom is 0.212 e. The number of nitrogens with one attached hydrogen (secondary N) is 1. The number of aliphatic hydroxyl groups excluding tert-OH is 3. The van der Waals surface area contributed by atoms with Crippen molar-refractivity contribution in [1.29, 1.82) is 0 Å². The van der Waals surface area contributed by atoms with E-state index in [0.717, 1.165) is 5.69 Å². The molecule has 5 N–H and O–H groups in total. The van der Waals surface area contributed by atoms with E-state index in [4.69, 9.17) is 4.74 Å². The molecule has 0 aromatic heterocycles. The van der Waals surface area contributed by atoms with Crippen LogP contribution < -0.4 is 5.32 Å². The molecule has 6 heteroatoms. The Morgan fingerprint density at radius 3 is 2.32 bits per heavy atom. The summed E-state index contributed by atoms with van der Waals surface area (Å²) in [6, 6.07) is 7.74. The lowest BCUT2D eigenvalue weighted by molar-refractivity contribution is -0.313. The van der Waals surface area contributed by atoms with Gasteiger partial charge in [-0.15, -0.1) is 0 Å². The summed E-state index contributed by atoms with van der Waals surface area (Å²) in [4.78, 5) is 0. The highest BCUT2D eigenvalue weighted by molar-refractivity contribution is 5.46. The average Bonchev–Trinajstić information content (AvgIpc) is 2.47. The molecule has 0 radical (unpaired) electrons. The molecule has 1 aliphatic heterocycles. The lowest BCUT2D eigenvalue weighted by Crippen LogP contribution is -2.63. The third-order valence-corrected chi connectivity index (χ3v) is 3.98. The number of hydrogen-bond donors (Lipinski definition) is 5. The highest BCUT2D eigenvalue weighted by atomic mass is 16.6. The fourth-order valence-corrected chi connectivity index (χ4v) is 2.36. The van der Waals surface area contributed by atoms with E-state index in [-0.39, 0.29) is 18.6 Å². The standard InChI is InChI=1S/C16H25NO5/c1-15(2,3)10-4-6-11(7-5-10)17-9-16(21)14(20)13(19)12(18)8-22-16/h4-7,12-14,17-21H,8-9H2,1-3H3/t12-,13-,14+,16-/m1/s1. The van der Waals surface area contributed by atoms with Gasteiger partial charge in [0, 0.05) is 5.69 Å². The Bertz CT molecular complexity index is 498. The molecule has 0 unspecified atom stereocenters. The first-order valence-electron chi connectivity index (χ1n) is 7.38. The van der Waals surface area contributed by atoms with Crippen molar-refractivity contribution in [2.24, 2.45) is 0 Å². The zero-order chi connectivity index (χ0) is 16.5. The van der Waals surface area contributed by atoms with Crippen molar-refractivity contribution < 1.29 is 25.2 Å². The van der Waals surface area contributed by atoms with Crippen molar-refractivity contribution in [3.8, 4) is 0 Å². The van der Waals surface area contributed by atoms with Crippen molar-refractivity contribution in [3.63, 3.8) is 0 Å². The minimum atomic E-state index is -1.94. The van der Waals surface area contributed by atoms with Crippen LogP contribution in [-0.4, -0.2) is 57.7 Å². The number of anilines is 1. The van der Waals surface area contributed by atoms with Crippen LogP contribution in [-0.2, 0) is 10.2 Å². The third-order valence-electron chi connectivity index (χ3n) is 3.98. The zero-order valence-corrected chi connectivity index (χ0v) is 13.2. The zero-order valence-electron chi connectivity index (χ0n) is 13.2. The number of ether oxygens (including phenoxy) is 1. The van der Waals surface area contributed by atoms with E-state index in [0.29, 0.717) is 0 Å². The summed E-state index contributed by atoms with van der Waals surface area (Å²) in [7, 11) is 0. The second-order valence-corrected chi connectivity index (χ2v) is 6.84. The van der Waals surface area contributed by atoms with Crippen LogP contribution in [0.2, 0.25) is 0 Å². The predicted octanol–water partition coefficient (Wildman–Crippen LogP) is 0.197. The van der Waals surface area contributed by atoms with Crippen molar-refractivity contribution >= 4 is 5.69 Å². The Morgan fingerprint density at radius 2 is 1.77 bits per heavy atom. The Labute approximate surface area is 130 Å². The Kier molecular flexibility index (Phi) is 4.79. The summed E-state index contributed by atoms with van der Waals surface area (Å²) in [6.45, 7) is 6.03. The molecule has 1 saturated heterocycles. The maximum absolute atomic E-state index is 10.3. The van der Waals surface area contributed by atoms with Gasteiger partial charge in [0.1, 0.15) is 18.3 Å². The molecular weight excluding hydrogens is 286 g/mol. The van der Waals surface area contributed by atoms with Gasteiger partial charge in [0.25, 0.3) is 0 Å². The molecule has 1 aromatic carbocycles. The summed E-state index contributed by atoms with van der Waals surface area (Å²) in [5, 5.41) is 42.2. The SMILES string of the molecule is CC(C)(C)c1ccc(NC[C@@]2(O)OC[C@@H](O)[C@@H](O)[C@@H]2O)cc1. The molecule has 0 amide bonds. The molecule has 0 bridgehead atoms. The summed E-state index contributed by atoms with van der Waals surface area (Å²) >= 11 is 0. The Morgan fingerprint density at radius 1 is 1.18 bits per heavy atom. The van der Waals surface area contributed by atoms with Crippen LogP contribution in [0.15, 0.2) is 24.3 Å². The van der Waals surface area contributed by atoms with Gasteiger partial charge in [-0.3, -0.25) is 0 Å². The molecule has 0 spiro atoms. The fourth-order valence-electron chi connectivity index (χ4n) is 2.36. The lowest BCUT2D eigenvalue weighted by Gasteiger charge is -2.41. The highest BCUT2D eigenvalue weighted by Crippen LogP contribution is 2.26. The fraction of sp³-hybridized carbons (Fsp3) is 0.625. The lowest BCUT2D eigenvalue weighted by atomic mass is 9.87. The van der Waals surface area contributed by atoms with E-state index in [9.17, 15) is 20.4 Å². The van der Waals surface area contributed by atoms with Crippen molar-refractivity contribution in [1.82, 2.24) is 0 Å². The molecular formula is C16H25NO5. The summed E-state index contributed by atoms with van der Waals surface area (Å²) in [6.07, 6.45) is -4.23. The number of aliphatic hydroxyl groups is 4.